The first-order chi connectivity index (χ1) is 10.7. The predicted molar refractivity (Wildman–Crippen MR) is 84.6 cm³/mol. The highest BCUT2D eigenvalue weighted by atomic mass is 32.2. The van der Waals surface area contributed by atoms with Crippen LogP contribution in [0.1, 0.15) is 27.2 Å². The van der Waals surface area contributed by atoms with Gasteiger partial charge in [0.25, 0.3) is 10.0 Å². The zero-order chi connectivity index (χ0) is 17.2. The maximum absolute atomic E-state index is 12.1. The van der Waals surface area contributed by atoms with Crippen molar-refractivity contribution in [3.8, 4) is 0 Å². The van der Waals surface area contributed by atoms with E-state index in [0.717, 1.165) is 15.4 Å². The van der Waals surface area contributed by atoms with Crippen molar-refractivity contribution >= 4 is 16.0 Å². The van der Waals surface area contributed by atoms with Gasteiger partial charge in [-0.1, -0.05) is 17.7 Å². The largest absolute Gasteiger partial charge is 0.454 e. The Hall–Kier alpha value is -2.12. The van der Waals surface area contributed by atoms with Crippen LogP contribution in [0.5, 0.6) is 0 Å². The van der Waals surface area contributed by atoms with Crippen LogP contribution in [0.25, 0.3) is 0 Å². The summed E-state index contributed by atoms with van der Waals surface area (Å²) < 4.78 is 35.3. The zero-order valence-corrected chi connectivity index (χ0v) is 14.3. The number of hydrogen-bond donors (Lipinski definition) is 0. The van der Waals surface area contributed by atoms with Crippen LogP contribution in [0, 0.1) is 13.8 Å². The van der Waals surface area contributed by atoms with Crippen molar-refractivity contribution in [2.24, 2.45) is 0 Å². The lowest BCUT2D eigenvalue weighted by Crippen LogP contribution is -2.21. The summed E-state index contributed by atoms with van der Waals surface area (Å²) in [6.07, 6.45) is 0. The Balaban J connectivity index is 2.07. The molecule has 0 N–H and O–H groups in total. The molecule has 7 heteroatoms. The third-order valence-corrected chi connectivity index (χ3v) is 5.01. The van der Waals surface area contributed by atoms with Gasteiger partial charge in [0, 0.05) is 14.1 Å². The first-order valence-electron chi connectivity index (χ1n) is 6.97. The van der Waals surface area contributed by atoms with Crippen molar-refractivity contribution in [1.82, 2.24) is 4.31 Å². The normalized spacial score (nSPS) is 11.7. The van der Waals surface area contributed by atoms with E-state index in [1.165, 1.54) is 26.2 Å². The van der Waals surface area contributed by atoms with Crippen molar-refractivity contribution < 1.29 is 22.4 Å². The molecule has 6 nitrogen and oxygen atoms in total. The highest BCUT2D eigenvalue weighted by Crippen LogP contribution is 2.18. The SMILES string of the molecule is Cc1ccc(C(=O)OCc2ccc(S(=O)(=O)N(C)C)o2)c(C)c1. The summed E-state index contributed by atoms with van der Waals surface area (Å²) in [6.45, 7) is 3.64. The van der Waals surface area contributed by atoms with Crippen LogP contribution in [-0.2, 0) is 21.4 Å². The second-order valence-corrected chi connectivity index (χ2v) is 7.49. The second-order valence-electron chi connectivity index (χ2n) is 5.40. The lowest BCUT2D eigenvalue weighted by Gasteiger charge is -2.08. The van der Waals surface area contributed by atoms with Crippen molar-refractivity contribution in [3.63, 3.8) is 0 Å². The second kappa shape index (κ2) is 6.55. The van der Waals surface area contributed by atoms with E-state index in [4.69, 9.17) is 9.15 Å². The Bertz CT molecular complexity index is 821. The van der Waals surface area contributed by atoms with Crippen LogP contribution in [0.2, 0.25) is 0 Å². The number of aryl methyl sites for hydroxylation is 2. The Morgan fingerprint density at radius 1 is 1.17 bits per heavy atom. The molecule has 2 rings (SSSR count). The number of hydrogen-bond acceptors (Lipinski definition) is 5. The van der Waals surface area contributed by atoms with Crippen LogP contribution in [0.3, 0.4) is 0 Å². The minimum atomic E-state index is -3.63. The van der Waals surface area contributed by atoms with Crippen molar-refractivity contribution in [1.29, 1.82) is 0 Å². The first kappa shape index (κ1) is 17.2. The van der Waals surface area contributed by atoms with Gasteiger partial charge in [-0.3, -0.25) is 0 Å². The minimum absolute atomic E-state index is 0.130. The third kappa shape index (κ3) is 3.80. The van der Waals surface area contributed by atoms with Crippen LogP contribution in [-0.4, -0.2) is 32.8 Å². The van der Waals surface area contributed by atoms with E-state index in [2.05, 4.69) is 0 Å². The van der Waals surface area contributed by atoms with Gasteiger partial charge in [-0.2, -0.15) is 0 Å². The van der Waals surface area contributed by atoms with Crippen molar-refractivity contribution in [2.45, 2.75) is 25.5 Å². The van der Waals surface area contributed by atoms with Crippen LogP contribution >= 0.6 is 0 Å². The fourth-order valence-corrected chi connectivity index (χ4v) is 2.82. The van der Waals surface area contributed by atoms with Crippen LogP contribution < -0.4 is 0 Å². The number of benzene rings is 1. The summed E-state index contributed by atoms with van der Waals surface area (Å²) in [7, 11) is -0.803. The molecule has 124 valence electrons. The van der Waals surface area contributed by atoms with E-state index in [1.54, 1.807) is 6.07 Å². The molecule has 23 heavy (non-hydrogen) atoms. The van der Waals surface area contributed by atoms with Gasteiger partial charge in [-0.25, -0.2) is 17.5 Å². The smallest absolute Gasteiger partial charge is 0.338 e. The van der Waals surface area contributed by atoms with E-state index in [0.29, 0.717) is 5.56 Å². The van der Waals surface area contributed by atoms with Crippen LogP contribution in [0.15, 0.2) is 39.8 Å². The van der Waals surface area contributed by atoms with Gasteiger partial charge in [0.1, 0.15) is 12.4 Å². The molecule has 1 aromatic carbocycles. The molecule has 0 radical (unpaired) electrons. The summed E-state index contributed by atoms with van der Waals surface area (Å²) in [6, 6.07) is 8.25. The molecular weight excluding hydrogens is 318 g/mol. The predicted octanol–water partition coefficient (Wildman–Crippen LogP) is 2.50. The molecule has 0 spiro atoms. The van der Waals surface area contributed by atoms with Gasteiger partial charge >= 0.3 is 5.97 Å². The van der Waals surface area contributed by atoms with E-state index >= 15 is 0 Å². The van der Waals surface area contributed by atoms with E-state index in [-0.39, 0.29) is 17.5 Å². The molecule has 2 aromatic rings. The number of rotatable bonds is 5. The Morgan fingerprint density at radius 3 is 2.48 bits per heavy atom. The van der Waals surface area contributed by atoms with E-state index in [9.17, 15) is 13.2 Å². The molecule has 0 aliphatic heterocycles. The summed E-state index contributed by atoms with van der Waals surface area (Å²) >= 11 is 0. The van der Waals surface area contributed by atoms with Crippen LogP contribution in [0.4, 0.5) is 0 Å². The molecule has 1 heterocycles. The first-order valence-corrected chi connectivity index (χ1v) is 8.41. The van der Waals surface area contributed by atoms with Gasteiger partial charge in [0.15, 0.2) is 0 Å². The maximum Gasteiger partial charge on any atom is 0.338 e. The average molecular weight is 337 g/mol. The molecule has 0 aliphatic rings. The number of ether oxygens (including phenoxy) is 1. The van der Waals surface area contributed by atoms with Gasteiger partial charge in [-0.15, -0.1) is 0 Å². The van der Waals surface area contributed by atoms with Gasteiger partial charge in [-0.05, 0) is 37.6 Å². The number of nitrogens with zero attached hydrogens (tertiary/aromatic N) is 1. The number of furan rings is 1. The number of sulfonamides is 1. The topological polar surface area (TPSA) is 76.8 Å². The lowest BCUT2D eigenvalue weighted by molar-refractivity contribution is 0.0440. The molecule has 0 atom stereocenters. The summed E-state index contributed by atoms with van der Waals surface area (Å²) in [4.78, 5) is 12.1. The fraction of sp³-hybridized carbons (Fsp3) is 0.312. The Labute approximate surface area is 135 Å². The average Bonchev–Trinajstić information content (AvgIpc) is 2.94. The molecule has 0 fully saturated rings. The molecular formula is C16H19NO5S. The molecule has 0 saturated carbocycles. The Morgan fingerprint density at radius 2 is 1.87 bits per heavy atom. The van der Waals surface area contributed by atoms with Gasteiger partial charge in [0.05, 0.1) is 5.56 Å². The van der Waals surface area contributed by atoms with Crippen molar-refractivity contribution in [2.75, 3.05) is 14.1 Å². The standard InChI is InChI=1S/C16H19NO5S/c1-11-5-7-14(12(2)9-11)16(18)21-10-13-6-8-15(22-13)23(19,20)17(3)4/h5-9H,10H2,1-4H3. The molecule has 0 saturated heterocycles. The number of esters is 1. The van der Waals surface area contributed by atoms with Gasteiger partial charge in [0.2, 0.25) is 5.09 Å². The van der Waals surface area contributed by atoms with Gasteiger partial charge < -0.3 is 9.15 Å². The zero-order valence-electron chi connectivity index (χ0n) is 13.5. The minimum Gasteiger partial charge on any atom is -0.454 e. The van der Waals surface area contributed by atoms with Crippen molar-refractivity contribution in [3.05, 3.63) is 52.8 Å². The third-order valence-electron chi connectivity index (χ3n) is 3.32. The quantitative estimate of drug-likeness (QED) is 0.784. The molecule has 1 aromatic heterocycles. The molecule has 0 amide bonds. The summed E-state index contributed by atoms with van der Waals surface area (Å²) in [5.74, 6) is -0.209. The lowest BCUT2D eigenvalue weighted by atomic mass is 10.1. The fourth-order valence-electron chi connectivity index (χ4n) is 2.01. The molecule has 0 unspecified atom stereocenters. The van der Waals surface area contributed by atoms with E-state index in [1.807, 2.05) is 26.0 Å². The number of carbonyl (C=O) groups excluding carboxylic acids is 1. The van der Waals surface area contributed by atoms with E-state index < -0.39 is 16.0 Å². The monoisotopic (exact) mass is 337 g/mol. The maximum atomic E-state index is 12.1. The molecule has 0 bridgehead atoms. The molecule has 0 aliphatic carbocycles. The summed E-state index contributed by atoms with van der Waals surface area (Å²) in [5, 5.41) is -0.180. The number of carbonyl (C=O) groups is 1. The summed E-state index contributed by atoms with van der Waals surface area (Å²) in [5.41, 5.74) is 2.36. The highest BCUT2D eigenvalue weighted by Gasteiger charge is 2.22. The Kier molecular flexibility index (Phi) is 4.91. The highest BCUT2D eigenvalue weighted by molar-refractivity contribution is 7.88.